The fourth-order valence-corrected chi connectivity index (χ4v) is 7.98. The van der Waals surface area contributed by atoms with Crippen LogP contribution in [-0.2, 0) is 20.6 Å². The van der Waals surface area contributed by atoms with Crippen LogP contribution in [0.1, 0.15) is 29.2 Å². The molecule has 1 saturated heterocycles. The molecule has 1 aliphatic rings. The number of halogens is 1. The van der Waals surface area contributed by atoms with E-state index in [-0.39, 0.29) is 23.1 Å². The van der Waals surface area contributed by atoms with Crippen LogP contribution in [0.5, 0.6) is 17.2 Å². The third kappa shape index (κ3) is 6.35. The van der Waals surface area contributed by atoms with Crippen molar-refractivity contribution in [2.45, 2.75) is 35.3 Å². The third-order valence-electron chi connectivity index (χ3n) is 7.02. The van der Waals surface area contributed by atoms with Crippen LogP contribution in [0.2, 0.25) is 5.02 Å². The Hall–Kier alpha value is -2.92. The van der Waals surface area contributed by atoms with Gasteiger partial charge in [0.2, 0.25) is 15.8 Å². The molecule has 0 bridgehead atoms. The summed E-state index contributed by atoms with van der Waals surface area (Å²) in [6.07, 6.45) is 0.263. The van der Waals surface area contributed by atoms with Crippen molar-refractivity contribution >= 4 is 39.4 Å². The van der Waals surface area contributed by atoms with E-state index in [0.29, 0.717) is 33.6 Å². The zero-order valence-corrected chi connectivity index (χ0v) is 25.1. The number of piperidine rings is 1. The van der Waals surface area contributed by atoms with Crippen LogP contribution in [-0.4, -0.2) is 56.9 Å². The summed E-state index contributed by atoms with van der Waals surface area (Å²) < 4.78 is 45.9. The van der Waals surface area contributed by atoms with Crippen molar-refractivity contribution in [1.29, 1.82) is 0 Å². The van der Waals surface area contributed by atoms with Gasteiger partial charge in [0.15, 0.2) is 11.5 Å². The minimum atomic E-state index is -4.06. The maximum absolute atomic E-state index is 14.0. The monoisotopic (exact) mass is 605 g/mol. The van der Waals surface area contributed by atoms with Crippen LogP contribution in [0.15, 0.2) is 65.6 Å². The zero-order chi connectivity index (χ0) is 29.0. The van der Waals surface area contributed by atoms with E-state index < -0.39 is 28.0 Å². The van der Waals surface area contributed by atoms with Gasteiger partial charge in [-0.3, -0.25) is 4.79 Å². The molecule has 1 heterocycles. The number of rotatable bonds is 10. The smallest absolute Gasteiger partial charge is 0.308 e. The van der Waals surface area contributed by atoms with Crippen molar-refractivity contribution < 1.29 is 32.5 Å². The van der Waals surface area contributed by atoms with E-state index in [0.717, 1.165) is 11.1 Å². The van der Waals surface area contributed by atoms with Gasteiger partial charge in [0.1, 0.15) is 0 Å². The summed E-state index contributed by atoms with van der Waals surface area (Å²) >= 11 is 7.52. The van der Waals surface area contributed by atoms with Crippen LogP contribution in [0.4, 0.5) is 0 Å². The van der Waals surface area contributed by atoms with Gasteiger partial charge in [0, 0.05) is 22.6 Å². The molecule has 0 amide bonds. The summed E-state index contributed by atoms with van der Waals surface area (Å²) in [6.45, 7) is 1.68. The molecule has 1 fully saturated rings. The number of methoxy groups -OCH3 is 3. The summed E-state index contributed by atoms with van der Waals surface area (Å²) in [5.74, 6) is -0.254. The quantitative estimate of drug-likeness (QED) is 0.309. The van der Waals surface area contributed by atoms with Crippen molar-refractivity contribution in [3.05, 3.63) is 82.4 Å². The lowest BCUT2D eigenvalue weighted by molar-refractivity contribution is -0.143. The van der Waals surface area contributed by atoms with Crippen LogP contribution in [0.3, 0.4) is 0 Å². The minimum Gasteiger partial charge on any atom is -0.493 e. The average Bonchev–Trinajstić information content (AvgIpc) is 2.95. The molecule has 0 unspecified atom stereocenters. The maximum Gasteiger partial charge on any atom is 0.308 e. The normalized spacial score (nSPS) is 19.7. The second-order valence-electron chi connectivity index (χ2n) is 9.52. The molecule has 0 aliphatic carbocycles. The lowest BCUT2D eigenvalue weighted by Gasteiger charge is -2.42. The molecule has 1 aliphatic heterocycles. The molecule has 1 N–H and O–H groups in total. The first-order valence-electron chi connectivity index (χ1n) is 12.6. The van der Waals surface area contributed by atoms with E-state index in [4.69, 9.17) is 25.8 Å². The standard InChI is InChI=1S/C29H32ClNO7S2/c1-18-5-11-22(12-6-18)40(34,35)31-16-23(29(32)33)27(39-17-19-7-9-21(30)10-8-19)15-24(31)20-13-25(36-2)28(38-4)26(14-20)37-3/h5-14,23-24,27H,15-17H2,1-4H3,(H,32,33)/t23-,24+,27-/m1/s1. The lowest BCUT2D eigenvalue weighted by Crippen LogP contribution is -2.49. The second-order valence-corrected chi connectivity index (χ2v) is 13.1. The Bertz CT molecular complexity index is 1420. The number of benzene rings is 3. The first kappa shape index (κ1) is 30.0. The van der Waals surface area contributed by atoms with E-state index >= 15 is 0 Å². The number of aliphatic carboxylic acids is 1. The summed E-state index contributed by atoms with van der Waals surface area (Å²) in [7, 11) is 0.424. The van der Waals surface area contributed by atoms with Crippen LogP contribution < -0.4 is 14.2 Å². The van der Waals surface area contributed by atoms with Gasteiger partial charge in [-0.2, -0.15) is 16.1 Å². The number of hydrogen-bond donors (Lipinski definition) is 1. The van der Waals surface area contributed by atoms with Crippen molar-refractivity contribution in [1.82, 2.24) is 4.31 Å². The molecule has 0 spiro atoms. The number of sulfonamides is 1. The van der Waals surface area contributed by atoms with Gasteiger partial charge < -0.3 is 19.3 Å². The van der Waals surface area contributed by atoms with Gasteiger partial charge in [0.05, 0.1) is 38.2 Å². The first-order valence-corrected chi connectivity index (χ1v) is 15.4. The molecule has 8 nitrogen and oxygen atoms in total. The third-order valence-corrected chi connectivity index (χ3v) is 10.6. The van der Waals surface area contributed by atoms with E-state index in [1.807, 2.05) is 19.1 Å². The van der Waals surface area contributed by atoms with Crippen molar-refractivity contribution in [2.75, 3.05) is 27.9 Å². The number of carboxylic acid groups (broad SMARTS) is 1. The molecule has 4 rings (SSSR count). The number of thioether (sulfide) groups is 1. The number of ether oxygens (including phenoxy) is 3. The molecule has 0 saturated carbocycles. The molecule has 0 radical (unpaired) electrons. The van der Waals surface area contributed by atoms with Crippen LogP contribution in [0.25, 0.3) is 0 Å². The zero-order valence-electron chi connectivity index (χ0n) is 22.7. The largest absolute Gasteiger partial charge is 0.493 e. The van der Waals surface area contributed by atoms with Crippen molar-refractivity contribution in [3.63, 3.8) is 0 Å². The Morgan fingerprint density at radius 3 is 2.12 bits per heavy atom. The molecule has 214 valence electrons. The first-order chi connectivity index (χ1) is 19.1. The SMILES string of the molecule is COc1cc([C@@H]2C[C@@H](SCc3ccc(Cl)cc3)[C@H](C(=O)O)CN2S(=O)(=O)c2ccc(C)cc2)cc(OC)c1OC. The van der Waals surface area contributed by atoms with Crippen molar-refractivity contribution in [2.24, 2.45) is 5.92 Å². The van der Waals surface area contributed by atoms with Gasteiger partial charge in [-0.1, -0.05) is 41.4 Å². The van der Waals surface area contributed by atoms with Crippen LogP contribution >= 0.6 is 23.4 Å². The van der Waals surface area contributed by atoms with Gasteiger partial charge in [-0.25, -0.2) is 8.42 Å². The number of carbonyl (C=O) groups is 1. The second kappa shape index (κ2) is 12.7. The fraction of sp³-hybridized carbons (Fsp3) is 0.345. The Kier molecular flexibility index (Phi) is 9.56. The molecular weight excluding hydrogens is 574 g/mol. The minimum absolute atomic E-state index is 0.104. The fourth-order valence-electron chi connectivity index (χ4n) is 4.85. The van der Waals surface area contributed by atoms with Gasteiger partial charge in [0.25, 0.3) is 0 Å². The predicted octanol–water partition coefficient (Wildman–Crippen LogP) is 5.81. The molecule has 11 heteroatoms. The Balaban J connectivity index is 1.79. The summed E-state index contributed by atoms with van der Waals surface area (Å²) in [4.78, 5) is 12.6. The highest BCUT2D eigenvalue weighted by molar-refractivity contribution is 7.99. The maximum atomic E-state index is 14.0. The van der Waals surface area contributed by atoms with Gasteiger partial charge >= 0.3 is 5.97 Å². The average molecular weight is 606 g/mol. The highest BCUT2D eigenvalue weighted by atomic mass is 35.5. The van der Waals surface area contributed by atoms with Gasteiger partial charge in [-0.05, 0) is 60.9 Å². The molecule has 3 atom stereocenters. The van der Waals surface area contributed by atoms with Crippen molar-refractivity contribution in [3.8, 4) is 17.2 Å². The summed E-state index contributed by atoms with van der Waals surface area (Å²) in [6, 6.07) is 16.7. The van der Waals surface area contributed by atoms with Gasteiger partial charge in [-0.15, -0.1) is 0 Å². The van der Waals surface area contributed by atoms with E-state index in [1.54, 1.807) is 48.5 Å². The Morgan fingerprint density at radius 2 is 1.60 bits per heavy atom. The molecule has 3 aromatic carbocycles. The number of aryl methyl sites for hydroxylation is 1. The highest BCUT2D eigenvalue weighted by Crippen LogP contribution is 2.47. The Morgan fingerprint density at radius 1 is 1.00 bits per heavy atom. The molecule has 40 heavy (non-hydrogen) atoms. The highest BCUT2D eigenvalue weighted by Gasteiger charge is 2.45. The molecule has 3 aromatic rings. The van der Waals surface area contributed by atoms with E-state index in [9.17, 15) is 18.3 Å². The number of hydrogen-bond acceptors (Lipinski definition) is 7. The van der Waals surface area contributed by atoms with E-state index in [1.165, 1.54) is 37.4 Å². The lowest BCUT2D eigenvalue weighted by atomic mass is 9.90. The Labute approximate surface area is 244 Å². The number of carboxylic acids is 1. The molecule has 0 aromatic heterocycles. The summed E-state index contributed by atoms with van der Waals surface area (Å²) in [5.41, 5.74) is 2.53. The van der Waals surface area contributed by atoms with E-state index in [2.05, 4.69) is 0 Å². The summed E-state index contributed by atoms with van der Waals surface area (Å²) in [5, 5.41) is 10.5. The number of nitrogens with zero attached hydrogens (tertiary/aromatic N) is 1. The predicted molar refractivity (Wildman–Crippen MR) is 156 cm³/mol. The van der Waals surface area contributed by atoms with Crippen LogP contribution in [0, 0.1) is 12.8 Å². The molecular formula is C29H32ClNO7S2. The topological polar surface area (TPSA) is 102 Å².